The van der Waals surface area contributed by atoms with Crippen LogP contribution in [-0.4, -0.2) is 29.4 Å². The third-order valence-corrected chi connectivity index (χ3v) is 5.04. The Kier molecular flexibility index (Phi) is 16.6. The first-order chi connectivity index (χ1) is 9.43. The van der Waals surface area contributed by atoms with E-state index in [9.17, 15) is 18.1 Å². The van der Waals surface area contributed by atoms with Crippen molar-refractivity contribution < 1.29 is 47.6 Å². The second-order valence-electron chi connectivity index (χ2n) is 5.65. The molecule has 0 saturated carbocycles. The van der Waals surface area contributed by atoms with Gasteiger partial charge in [0.2, 0.25) is 0 Å². The van der Waals surface area contributed by atoms with E-state index >= 15 is 0 Å². The van der Waals surface area contributed by atoms with E-state index in [2.05, 4.69) is 6.92 Å². The summed E-state index contributed by atoms with van der Waals surface area (Å²) in [6.45, 7) is 4.12. The second-order valence-corrected chi connectivity index (χ2v) is 7.24. The summed E-state index contributed by atoms with van der Waals surface area (Å²) in [5.41, 5.74) is 0. The average Bonchev–Trinajstić information content (AvgIpc) is 2.36. The van der Waals surface area contributed by atoms with Gasteiger partial charge in [0.05, 0.1) is 11.4 Å². The van der Waals surface area contributed by atoms with Crippen LogP contribution in [0.1, 0.15) is 84.5 Å². The minimum Gasteiger partial charge on any atom is -0.748 e. The molecule has 21 heavy (non-hydrogen) atoms. The molecule has 0 saturated heterocycles. The topological polar surface area (TPSA) is 77.4 Å². The van der Waals surface area contributed by atoms with Crippen molar-refractivity contribution in [3.05, 3.63) is 0 Å². The fourth-order valence-electron chi connectivity index (χ4n) is 2.43. The maximum atomic E-state index is 11.2. The Morgan fingerprint density at radius 2 is 1.33 bits per heavy atom. The van der Waals surface area contributed by atoms with Crippen LogP contribution < -0.4 is 29.6 Å². The molecule has 2 unspecified atom stereocenters. The van der Waals surface area contributed by atoms with Gasteiger partial charge in [-0.05, 0) is 12.8 Å². The first kappa shape index (κ1) is 24.1. The van der Waals surface area contributed by atoms with Crippen LogP contribution in [0.25, 0.3) is 0 Å². The van der Waals surface area contributed by atoms with Crippen LogP contribution in [-0.2, 0) is 10.1 Å². The molecular weight excluding hydrogens is 299 g/mol. The molecule has 0 aromatic rings. The molecule has 2 atom stereocenters. The van der Waals surface area contributed by atoms with Gasteiger partial charge >= 0.3 is 29.6 Å². The molecule has 1 N–H and O–H groups in total. The van der Waals surface area contributed by atoms with Crippen molar-refractivity contribution in [2.24, 2.45) is 0 Å². The smallest absolute Gasteiger partial charge is 0.748 e. The molecular formula is C15H31NaO4S. The molecule has 4 nitrogen and oxygen atoms in total. The van der Waals surface area contributed by atoms with E-state index in [1.165, 1.54) is 25.7 Å². The van der Waals surface area contributed by atoms with Crippen LogP contribution in [0.2, 0.25) is 0 Å². The fourth-order valence-corrected chi connectivity index (χ4v) is 3.41. The van der Waals surface area contributed by atoms with Gasteiger partial charge in [0.1, 0.15) is 10.1 Å². The molecule has 0 spiro atoms. The summed E-state index contributed by atoms with van der Waals surface area (Å²) in [4.78, 5) is 0. The van der Waals surface area contributed by atoms with E-state index < -0.39 is 21.5 Å². The van der Waals surface area contributed by atoms with Gasteiger partial charge in [0.25, 0.3) is 0 Å². The standard InChI is InChI=1S/C15H32O4S.Na/c1-3-5-7-8-9-10-11-12-14(16)15(13-6-4-2)20(17,18)19;/h14-16H,3-13H2,1-2H3,(H,17,18,19);/q;+1/p-1. The number of aliphatic hydroxyl groups excluding tert-OH is 1. The molecule has 0 fully saturated rings. The maximum Gasteiger partial charge on any atom is 1.00 e. The average molecular weight is 330 g/mol. The largest absolute Gasteiger partial charge is 1.00 e. The summed E-state index contributed by atoms with van der Waals surface area (Å²) < 4.78 is 33.5. The van der Waals surface area contributed by atoms with Gasteiger partial charge in [-0.1, -0.05) is 71.6 Å². The third-order valence-electron chi connectivity index (χ3n) is 3.75. The van der Waals surface area contributed by atoms with E-state index in [1.54, 1.807) is 0 Å². The predicted octanol–water partition coefficient (Wildman–Crippen LogP) is 0.596. The van der Waals surface area contributed by atoms with E-state index in [0.717, 1.165) is 25.7 Å². The van der Waals surface area contributed by atoms with Gasteiger partial charge < -0.3 is 9.66 Å². The number of rotatable bonds is 13. The Hall–Kier alpha value is 0.870. The number of unbranched alkanes of at least 4 members (excludes halogenated alkanes) is 7. The molecule has 0 aliphatic heterocycles. The van der Waals surface area contributed by atoms with Gasteiger partial charge in [-0.25, -0.2) is 8.42 Å². The van der Waals surface area contributed by atoms with Gasteiger partial charge in [0.15, 0.2) is 0 Å². The molecule has 6 heteroatoms. The molecule has 0 amide bonds. The molecule has 0 aromatic heterocycles. The minimum absolute atomic E-state index is 0. The van der Waals surface area contributed by atoms with Crippen LogP contribution in [0.15, 0.2) is 0 Å². The predicted molar refractivity (Wildman–Crippen MR) is 81.6 cm³/mol. The zero-order valence-electron chi connectivity index (χ0n) is 14.0. The van der Waals surface area contributed by atoms with E-state index in [0.29, 0.717) is 12.8 Å². The monoisotopic (exact) mass is 330 g/mol. The molecule has 122 valence electrons. The Labute approximate surface area is 153 Å². The molecule has 0 aliphatic rings. The number of hydrogen-bond acceptors (Lipinski definition) is 4. The minimum atomic E-state index is -4.39. The van der Waals surface area contributed by atoms with Gasteiger partial charge in [0, 0.05) is 0 Å². The van der Waals surface area contributed by atoms with Crippen LogP contribution in [0.4, 0.5) is 0 Å². The summed E-state index contributed by atoms with van der Waals surface area (Å²) in [6, 6.07) is 0. The van der Waals surface area contributed by atoms with Crippen molar-refractivity contribution in [2.45, 2.75) is 95.8 Å². The zero-order chi connectivity index (χ0) is 15.4. The fraction of sp³-hybridized carbons (Fsp3) is 1.00. The zero-order valence-corrected chi connectivity index (χ0v) is 16.8. The third kappa shape index (κ3) is 13.0. The van der Waals surface area contributed by atoms with Crippen molar-refractivity contribution in [3.8, 4) is 0 Å². The Bertz CT molecular complexity index is 320. The summed E-state index contributed by atoms with van der Waals surface area (Å²) in [6.07, 6.45) is 9.04. The molecule has 0 radical (unpaired) electrons. The van der Waals surface area contributed by atoms with Crippen molar-refractivity contribution in [2.75, 3.05) is 0 Å². The number of aliphatic hydroxyl groups is 1. The Balaban J connectivity index is 0. The SMILES string of the molecule is CCCCCCCCCC(O)C(CCCC)S(=O)(=O)[O-].[Na+]. The normalized spacial score (nSPS) is 14.5. The first-order valence-corrected chi connectivity index (χ1v) is 9.53. The summed E-state index contributed by atoms with van der Waals surface area (Å²) in [7, 11) is -4.39. The number of hydrogen-bond donors (Lipinski definition) is 1. The Morgan fingerprint density at radius 1 is 0.857 bits per heavy atom. The summed E-state index contributed by atoms with van der Waals surface area (Å²) in [5.74, 6) is 0. The molecule has 0 aromatic carbocycles. The van der Waals surface area contributed by atoms with E-state index in [4.69, 9.17) is 0 Å². The van der Waals surface area contributed by atoms with Crippen LogP contribution >= 0.6 is 0 Å². The van der Waals surface area contributed by atoms with E-state index in [-0.39, 0.29) is 36.0 Å². The van der Waals surface area contributed by atoms with Gasteiger partial charge in [-0.2, -0.15) is 0 Å². The first-order valence-electron chi connectivity index (χ1n) is 8.06. The summed E-state index contributed by atoms with van der Waals surface area (Å²) in [5, 5.41) is 8.81. The summed E-state index contributed by atoms with van der Waals surface area (Å²) >= 11 is 0. The maximum absolute atomic E-state index is 11.2. The van der Waals surface area contributed by atoms with Crippen LogP contribution in [0.5, 0.6) is 0 Å². The van der Waals surface area contributed by atoms with Crippen molar-refractivity contribution in [1.82, 2.24) is 0 Å². The van der Waals surface area contributed by atoms with Crippen LogP contribution in [0.3, 0.4) is 0 Å². The molecule has 0 heterocycles. The molecule has 0 bridgehead atoms. The van der Waals surface area contributed by atoms with Crippen molar-refractivity contribution in [3.63, 3.8) is 0 Å². The van der Waals surface area contributed by atoms with E-state index in [1.807, 2.05) is 6.92 Å². The van der Waals surface area contributed by atoms with Gasteiger partial charge in [-0.15, -0.1) is 0 Å². The van der Waals surface area contributed by atoms with Crippen LogP contribution in [0, 0.1) is 0 Å². The molecule has 0 aliphatic carbocycles. The second kappa shape index (κ2) is 14.5. The Morgan fingerprint density at radius 3 is 1.81 bits per heavy atom. The van der Waals surface area contributed by atoms with Crippen molar-refractivity contribution in [1.29, 1.82) is 0 Å². The van der Waals surface area contributed by atoms with Crippen molar-refractivity contribution >= 4 is 10.1 Å². The quantitative estimate of drug-likeness (QED) is 0.305. The van der Waals surface area contributed by atoms with Gasteiger partial charge in [-0.3, -0.25) is 0 Å². The molecule has 0 rings (SSSR count).